The average molecular weight is 287 g/mol. The van der Waals surface area contributed by atoms with Crippen LogP contribution in [0.15, 0.2) is 12.1 Å². The summed E-state index contributed by atoms with van der Waals surface area (Å²) in [5.41, 5.74) is 12.7. The van der Waals surface area contributed by atoms with Crippen LogP contribution in [0, 0.1) is 13.8 Å². The maximum absolute atomic E-state index is 6.33. The molecule has 0 saturated carbocycles. The van der Waals surface area contributed by atoms with Gasteiger partial charge in [-0.05, 0) is 68.4 Å². The van der Waals surface area contributed by atoms with Gasteiger partial charge < -0.3 is 10.5 Å². The highest BCUT2D eigenvalue weighted by molar-refractivity contribution is 7.16. The van der Waals surface area contributed by atoms with Gasteiger partial charge in [-0.3, -0.25) is 0 Å². The molecule has 20 heavy (non-hydrogen) atoms. The molecular formula is C17H21NOS. The van der Waals surface area contributed by atoms with Gasteiger partial charge in [0.2, 0.25) is 0 Å². The molecule has 2 N–H and O–H groups in total. The topological polar surface area (TPSA) is 35.2 Å². The number of aryl methyl sites for hydroxylation is 3. The predicted octanol–water partition coefficient (Wildman–Crippen LogP) is 4.50. The SMILES string of the molecule is COc1cc(C)c(C)cc1-c1c(N)sc2c1CCCC2. The minimum Gasteiger partial charge on any atom is -0.496 e. The van der Waals surface area contributed by atoms with Crippen molar-refractivity contribution in [2.75, 3.05) is 12.8 Å². The van der Waals surface area contributed by atoms with E-state index >= 15 is 0 Å². The normalized spacial score (nSPS) is 14.2. The van der Waals surface area contributed by atoms with E-state index in [0.29, 0.717) is 0 Å². The van der Waals surface area contributed by atoms with Gasteiger partial charge in [0.05, 0.1) is 12.1 Å². The first-order valence-electron chi connectivity index (χ1n) is 7.17. The van der Waals surface area contributed by atoms with E-state index in [4.69, 9.17) is 10.5 Å². The standard InChI is InChI=1S/C17H21NOS/c1-10-8-13(14(19-3)9-11(10)2)16-12-6-4-5-7-15(12)20-17(16)18/h8-9H,4-7,18H2,1-3H3. The maximum atomic E-state index is 6.33. The van der Waals surface area contributed by atoms with Crippen molar-refractivity contribution in [1.82, 2.24) is 0 Å². The maximum Gasteiger partial charge on any atom is 0.127 e. The van der Waals surface area contributed by atoms with Gasteiger partial charge in [0.25, 0.3) is 0 Å². The van der Waals surface area contributed by atoms with Gasteiger partial charge >= 0.3 is 0 Å². The van der Waals surface area contributed by atoms with Crippen molar-refractivity contribution in [3.8, 4) is 16.9 Å². The number of methoxy groups -OCH3 is 1. The zero-order valence-electron chi connectivity index (χ0n) is 12.4. The van der Waals surface area contributed by atoms with E-state index in [0.717, 1.165) is 22.7 Å². The van der Waals surface area contributed by atoms with E-state index in [2.05, 4.69) is 26.0 Å². The van der Waals surface area contributed by atoms with Crippen LogP contribution < -0.4 is 10.5 Å². The molecule has 0 radical (unpaired) electrons. The number of benzene rings is 1. The summed E-state index contributed by atoms with van der Waals surface area (Å²) in [5.74, 6) is 0.936. The van der Waals surface area contributed by atoms with Crippen molar-refractivity contribution < 1.29 is 4.74 Å². The van der Waals surface area contributed by atoms with Gasteiger partial charge in [0.15, 0.2) is 0 Å². The van der Waals surface area contributed by atoms with Crippen LogP contribution in [-0.4, -0.2) is 7.11 Å². The number of hydrogen-bond acceptors (Lipinski definition) is 3. The Morgan fingerprint density at radius 3 is 2.55 bits per heavy atom. The summed E-state index contributed by atoms with van der Waals surface area (Å²) in [6, 6.07) is 4.35. The Morgan fingerprint density at radius 1 is 1.10 bits per heavy atom. The van der Waals surface area contributed by atoms with Gasteiger partial charge in [0.1, 0.15) is 5.75 Å². The van der Waals surface area contributed by atoms with E-state index in [1.807, 2.05) is 0 Å². The smallest absolute Gasteiger partial charge is 0.127 e. The second kappa shape index (κ2) is 5.13. The van der Waals surface area contributed by atoms with Crippen molar-refractivity contribution in [1.29, 1.82) is 0 Å². The molecule has 1 heterocycles. The van der Waals surface area contributed by atoms with Crippen LogP contribution in [-0.2, 0) is 12.8 Å². The molecule has 1 aliphatic rings. The Bertz CT molecular complexity index is 657. The molecule has 1 aromatic carbocycles. The van der Waals surface area contributed by atoms with Crippen LogP contribution in [0.2, 0.25) is 0 Å². The fraction of sp³-hybridized carbons (Fsp3) is 0.412. The first kappa shape index (κ1) is 13.5. The van der Waals surface area contributed by atoms with Gasteiger partial charge in [-0.15, -0.1) is 11.3 Å². The number of nitrogens with two attached hydrogens (primary N) is 1. The van der Waals surface area contributed by atoms with E-state index in [1.54, 1.807) is 18.4 Å². The Hall–Kier alpha value is -1.48. The summed E-state index contributed by atoms with van der Waals surface area (Å²) in [6.07, 6.45) is 4.88. The minimum atomic E-state index is 0.936. The summed E-state index contributed by atoms with van der Waals surface area (Å²) < 4.78 is 5.60. The third-order valence-electron chi connectivity index (χ3n) is 4.28. The summed E-state index contributed by atoms with van der Waals surface area (Å²) in [4.78, 5) is 1.48. The third-order valence-corrected chi connectivity index (χ3v) is 5.40. The number of thiophene rings is 1. The minimum absolute atomic E-state index is 0.936. The zero-order chi connectivity index (χ0) is 14.3. The van der Waals surface area contributed by atoms with E-state index in [1.165, 1.54) is 46.4 Å². The van der Waals surface area contributed by atoms with E-state index in [9.17, 15) is 0 Å². The molecule has 0 saturated heterocycles. The van der Waals surface area contributed by atoms with Crippen LogP contribution in [0.1, 0.15) is 34.4 Å². The first-order chi connectivity index (χ1) is 9.61. The summed E-state index contributed by atoms with van der Waals surface area (Å²) in [7, 11) is 1.74. The highest BCUT2D eigenvalue weighted by Gasteiger charge is 2.22. The number of fused-ring (bicyclic) bond motifs is 1. The van der Waals surface area contributed by atoms with Crippen molar-refractivity contribution in [3.63, 3.8) is 0 Å². The number of anilines is 1. The lowest BCUT2D eigenvalue weighted by molar-refractivity contribution is 0.416. The molecule has 3 rings (SSSR count). The molecule has 0 aliphatic heterocycles. The molecule has 1 aromatic heterocycles. The number of hydrogen-bond donors (Lipinski definition) is 1. The molecule has 0 unspecified atom stereocenters. The summed E-state index contributed by atoms with van der Waals surface area (Å²) in [6.45, 7) is 4.27. The van der Waals surface area contributed by atoms with E-state index in [-0.39, 0.29) is 0 Å². The second-order valence-electron chi connectivity index (χ2n) is 5.59. The Labute approximate surface area is 124 Å². The van der Waals surface area contributed by atoms with E-state index < -0.39 is 0 Å². The van der Waals surface area contributed by atoms with Gasteiger partial charge in [-0.2, -0.15) is 0 Å². The van der Waals surface area contributed by atoms with Crippen LogP contribution in [0.4, 0.5) is 5.00 Å². The molecule has 0 fully saturated rings. The fourth-order valence-electron chi connectivity index (χ4n) is 3.04. The lowest BCUT2D eigenvalue weighted by atomic mass is 9.90. The molecule has 0 spiro atoms. The quantitative estimate of drug-likeness (QED) is 0.882. The number of ether oxygens (including phenoxy) is 1. The number of nitrogen functional groups attached to an aromatic ring is 1. The number of rotatable bonds is 2. The highest BCUT2D eigenvalue weighted by Crippen LogP contribution is 2.46. The molecule has 3 heteroatoms. The van der Waals surface area contributed by atoms with Gasteiger partial charge in [-0.25, -0.2) is 0 Å². The first-order valence-corrected chi connectivity index (χ1v) is 7.99. The Kier molecular flexibility index (Phi) is 3.47. The van der Waals surface area contributed by atoms with Crippen LogP contribution in [0.5, 0.6) is 5.75 Å². The van der Waals surface area contributed by atoms with Gasteiger partial charge in [-0.1, -0.05) is 0 Å². The van der Waals surface area contributed by atoms with Crippen molar-refractivity contribution in [2.24, 2.45) is 0 Å². The average Bonchev–Trinajstić information content (AvgIpc) is 2.77. The highest BCUT2D eigenvalue weighted by atomic mass is 32.1. The van der Waals surface area contributed by atoms with Crippen LogP contribution in [0.3, 0.4) is 0 Å². The molecule has 106 valence electrons. The molecule has 2 nitrogen and oxygen atoms in total. The lowest BCUT2D eigenvalue weighted by Gasteiger charge is -2.16. The Morgan fingerprint density at radius 2 is 1.80 bits per heavy atom. The van der Waals surface area contributed by atoms with Crippen molar-refractivity contribution in [2.45, 2.75) is 39.5 Å². The van der Waals surface area contributed by atoms with Gasteiger partial charge in [0, 0.05) is 16.0 Å². The summed E-state index contributed by atoms with van der Waals surface area (Å²) >= 11 is 1.76. The largest absolute Gasteiger partial charge is 0.496 e. The van der Waals surface area contributed by atoms with Crippen molar-refractivity contribution >= 4 is 16.3 Å². The zero-order valence-corrected chi connectivity index (χ0v) is 13.2. The lowest BCUT2D eigenvalue weighted by Crippen LogP contribution is -2.01. The Balaban J connectivity index is 2.23. The molecule has 0 atom stereocenters. The predicted molar refractivity (Wildman–Crippen MR) is 86.8 cm³/mol. The molecule has 0 bridgehead atoms. The van der Waals surface area contributed by atoms with Crippen molar-refractivity contribution in [3.05, 3.63) is 33.7 Å². The molecule has 0 amide bonds. The van der Waals surface area contributed by atoms with Crippen LogP contribution >= 0.6 is 11.3 Å². The molecule has 2 aromatic rings. The second-order valence-corrected chi connectivity index (χ2v) is 6.72. The monoisotopic (exact) mass is 287 g/mol. The fourth-order valence-corrected chi connectivity index (χ4v) is 4.21. The molecular weight excluding hydrogens is 266 g/mol. The van der Waals surface area contributed by atoms with Crippen LogP contribution in [0.25, 0.3) is 11.1 Å². The summed E-state index contributed by atoms with van der Waals surface area (Å²) in [5, 5.41) is 0.943. The molecule has 1 aliphatic carbocycles. The third kappa shape index (κ3) is 2.10.